The van der Waals surface area contributed by atoms with Crippen LogP contribution in [-0.4, -0.2) is 37.6 Å². The van der Waals surface area contributed by atoms with Crippen molar-refractivity contribution in [2.75, 3.05) is 31.4 Å². The molecule has 9 nitrogen and oxygen atoms in total. The van der Waals surface area contributed by atoms with Crippen LogP contribution >= 0.6 is 0 Å². The van der Waals surface area contributed by atoms with Crippen LogP contribution in [0.5, 0.6) is 23.0 Å². The fourth-order valence-electron chi connectivity index (χ4n) is 4.52. The van der Waals surface area contributed by atoms with Crippen molar-refractivity contribution in [3.8, 4) is 23.0 Å². The number of benzene rings is 4. The molecule has 0 aliphatic carbocycles. The van der Waals surface area contributed by atoms with Gasteiger partial charge in [0.2, 0.25) is 0 Å². The second-order valence-electron chi connectivity index (χ2n) is 9.94. The summed E-state index contributed by atoms with van der Waals surface area (Å²) in [4.78, 5) is 30.7. The van der Waals surface area contributed by atoms with Crippen LogP contribution in [0.1, 0.15) is 5.56 Å². The van der Waals surface area contributed by atoms with Crippen molar-refractivity contribution in [2.24, 2.45) is 0 Å². The zero-order valence-corrected chi connectivity index (χ0v) is 25.0. The van der Waals surface area contributed by atoms with Crippen LogP contribution in [0.2, 0.25) is 0 Å². The first-order valence-electron chi connectivity index (χ1n) is 14.2. The number of carbonyl (C=O) groups excluding carboxylic acids is 2. The van der Waals surface area contributed by atoms with E-state index in [4.69, 9.17) is 14.2 Å². The van der Waals surface area contributed by atoms with Gasteiger partial charge in [-0.2, -0.15) is 0 Å². The first kappa shape index (κ1) is 31.5. The molecule has 5 aromatic rings. The summed E-state index contributed by atoms with van der Waals surface area (Å²) >= 11 is 0. The Hall–Kier alpha value is -5.97. The lowest BCUT2D eigenvalue weighted by molar-refractivity contribution is -0.118. The molecule has 2 amide bonds. The van der Waals surface area contributed by atoms with Crippen molar-refractivity contribution >= 4 is 34.1 Å². The number of hydrogen-bond acceptors (Lipinski definition) is 7. The van der Waals surface area contributed by atoms with Gasteiger partial charge in [0.15, 0.2) is 23.1 Å². The highest BCUT2D eigenvalue weighted by Gasteiger charge is 2.20. The Morgan fingerprint density at radius 3 is 2.13 bits per heavy atom. The van der Waals surface area contributed by atoms with E-state index >= 15 is 4.39 Å². The molecule has 0 aliphatic rings. The van der Waals surface area contributed by atoms with E-state index in [9.17, 15) is 14.0 Å². The molecular weight excluding hydrogens is 594 g/mol. The number of anilines is 2. The molecule has 1 aromatic heterocycles. The Morgan fingerprint density at radius 2 is 1.43 bits per heavy atom. The van der Waals surface area contributed by atoms with Gasteiger partial charge in [0, 0.05) is 47.8 Å². The third-order valence-electron chi connectivity index (χ3n) is 6.86. The predicted octanol–water partition coefficient (Wildman–Crippen LogP) is 6.62. The normalized spacial score (nSPS) is 11.1. The third-order valence-corrected chi connectivity index (χ3v) is 6.86. The molecule has 5 rings (SSSR count). The SMILES string of the molecule is COc1cc2nccc(Oc3ccc(NC(=O)/C(=C/NCCc4ccccc4)C(=O)Nc4ccc(F)cc4)cc3F)c2cc1OC. The van der Waals surface area contributed by atoms with E-state index in [-0.39, 0.29) is 17.0 Å². The van der Waals surface area contributed by atoms with Crippen LogP contribution in [0.15, 0.2) is 109 Å². The van der Waals surface area contributed by atoms with E-state index in [2.05, 4.69) is 20.9 Å². The molecule has 0 unspecified atom stereocenters. The highest BCUT2D eigenvalue weighted by atomic mass is 19.1. The van der Waals surface area contributed by atoms with Gasteiger partial charge < -0.3 is 30.2 Å². The maximum Gasteiger partial charge on any atom is 0.262 e. The zero-order chi connectivity index (χ0) is 32.5. The number of ether oxygens (including phenoxy) is 3. The standard InChI is InChI=1S/C35H30F2N4O5/c1-44-32-19-26-29(20-33(32)45-2)39-17-15-30(26)46-31-13-12-25(18-28(31)37)41-35(43)27(21-38-16-14-22-6-4-3-5-7-22)34(42)40-24-10-8-23(36)9-11-24/h3-13,15,17-21,38H,14,16H2,1-2H3,(H,40,42)(H,41,43)/b27-21+. The minimum Gasteiger partial charge on any atom is -0.493 e. The first-order chi connectivity index (χ1) is 22.3. The number of methoxy groups -OCH3 is 2. The van der Waals surface area contributed by atoms with Crippen LogP contribution in [-0.2, 0) is 16.0 Å². The minimum atomic E-state index is -0.791. The molecule has 0 fully saturated rings. The molecule has 0 radical (unpaired) electrons. The summed E-state index contributed by atoms with van der Waals surface area (Å²) in [5.41, 5.74) is 1.73. The Balaban J connectivity index is 1.32. The van der Waals surface area contributed by atoms with E-state index < -0.39 is 23.4 Å². The average molecular weight is 625 g/mol. The van der Waals surface area contributed by atoms with Crippen LogP contribution in [0.25, 0.3) is 10.9 Å². The number of hydrogen-bond donors (Lipinski definition) is 3. The Kier molecular flexibility index (Phi) is 10.0. The van der Waals surface area contributed by atoms with Crippen molar-refractivity contribution in [3.05, 3.63) is 126 Å². The van der Waals surface area contributed by atoms with Crippen molar-refractivity contribution in [1.29, 1.82) is 0 Å². The molecular formula is C35H30F2N4O5. The number of nitrogens with zero attached hydrogens (tertiary/aromatic N) is 1. The van der Waals surface area contributed by atoms with Gasteiger partial charge in [-0.3, -0.25) is 14.6 Å². The highest BCUT2D eigenvalue weighted by molar-refractivity contribution is 6.26. The molecule has 0 bridgehead atoms. The maximum atomic E-state index is 15.3. The molecule has 4 aromatic carbocycles. The Labute approximate surface area is 263 Å². The van der Waals surface area contributed by atoms with E-state index in [0.29, 0.717) is 46.8 Å². The highest BCUT2D eigenvalue weighted by Crippen LogP contribution is 2.37. The third kappa shape index (κ3) is 7.75. The molecule has 3 N–H and O–H groups in total. The average Bonchev–Trinajstić information content (AvgIpc) is 3.06. The van der Waals surface area contributed by atoms with E-state index in [1.807, 2.05) is 30.3 Å². The molecule has 0 saturated heterocycles. The number of halogens is 2. The molecule has 1 heterocycles. The first-order valence-corrected chi connectivity index (χ1v) is 14.2. The van der Waals surface area contributed by atoms with Gasteiger partial charge in [0.1, 0.15) is 17.1 Å². The largest absolute Gasteiger partial charge is 0.493 e. The van der Waals surface area contributed by atoms with Crippen molar-refractivity contribution < 1.29 is 32.6 Å². The summed E-state index contributed by atoms with van der Waals surface area (Å²) < 4.78 is 45.2. The number of nitrogens with one attached hydrogen (secondary N) is 3. The number of aromatic nitrogens is 1. The maximum absolute atomic E-state index is 15.3. The van der Waals surface area contributed by atoms with Crippen LogP contribution < -0.4 is 30.2 Å². The number of fused-ring (bicyclic) bond motifs is 1. The van der Waals surface area contributed by atoms with Crippen LogP contribution in [0, 0.1) is 11.6 Å². The summed E-state index contributed by atoms with van der Waals surface area (Å²) in [5, 5.41) is 8.71. The summed E-state index contributed by atoms with van der Waals surface area (Å²) in [5.74, 6) is -1.61. The smallest absolute Gasteiger partial charge is 0.262 e. The molecule has 11 heteroatoms. The summed E-state index contributed by atoms with van der Waals surface area (Å²) in [6.07, 6.45) is 3.46. The quantitative estimate of drug-likeness (QED) is 0.0620. The van der Waals surface area contributed by atoms with E-state index in [1.165, 1.54) is 63.0 Å². The predicted molar refractivity (Wildman–Crippen MR) is 171 cm³/mol. The molecule has 234 valence electrons. The number of carbonyl (C=O) groups is 2. The molecule has 0 atom stereocenters. The lowest BCUT2D eigenvalue weighted by Gasteiger charge is -2.14. The summed E-state index contributed by atoms with van der Waals surface area (Å²) in [6, 6.07) is 23.6. The van der Waals surface area contributed by atoms with Crippen molar-refractivity contribution in [3.63, 3.8) is 0 Å². The van der Waals surface area contributed by atoms with Crippen LogP contribution in [0.3, 0.4) is 0 Å². The topological polar surface area (TPSA) is 111 Å². The second kappa shape index (κ2) is 14.7. The fourth-order valence-corrected chi connectivity index (χ4v) is 4.52. The Bertz CT molecular complexity index is 1880. The van der Waals surface area contributed by atoms with Gasteiger partial charge in [0.25, 0.3) is 11.8 Å². The number of rotatable bonds is 12. The molecule has 0 saturated carbocycles. The fraction of sp³-hybridized carbons (Fsp3) is 0.114. The van der Waals surface area contributed by atoms with Crippen molar-refractivity contribution in [1.82, 2.24) is 10.3 Å². The minimum absolute atomic E-state index is 0.0885. The van der Waals surface area contributed by atoms with Gasteiger partial charge >= 0.3 is 0 Å². The molecule has 46 heavy (non-hydrogen) atoms. The lowest BCUT2D eigenvalue weighted by Crippen LogP contribution is -2.27. The van der Waals surface area contributed by atoms with Gasteiger partial charge in [0.05, 0.1) is 19.7 Å². The zero-order valence-electron chi connectivity index (χ0n) is 25.0. The Morgan fingerprint density at radius 1 is 0.761 bits per heavy atom. The number of amides is 2. The van der Waals surface area contributed by atoms with Crippen molar-refractivity contribution in [2.45, 2.75) is 6.42 Å². The van der Waals surface area contributed by atoms with Gasteiger partial charge in [-0.25, -0.2) is 8.78 Å². The van der Waals surface area contributed by atoms with E-state index in [0.717, 1.165) is 11.6 Å². The molecule has 0 spiro atoms. The number of pyridine rings is 1. The molecule has 0 aliphatic heterocycles. The summed E-state index contributed by atoms with van der Waals surface area (Å²) in [7, 11) is 3.01. The van der Waals surface area contributed by atoms with Gasteiger partial charge in [-0.05, 0) is 60.5 Å². The van der Waals surface area contributed by atoms with Gasteiger partial charge in [-0.15, -0.1) is 0 Å². The lowest BCUT2D eigenvalue weighted by atomic mass is 10.1. The van der Waals surface area contributed by atoms with Crippen LogP contribution in [0.4, 0.5) is 20.2 Å². The van der Waals surface area contributed by atoms with E-state index in [1.54, 1.807) is 18.2 Å². The summed E-state index contributed by atoms with van der Waals surface area (Å²) in [6.45, 7) is 0.438. The monoisotopic (exact) mass is 624 g/mol. The second-order valence-corrected chi connectivity index (χ2v) is 9.94. The van der Waals surface area contributed by atoms with Gasteiger partial charge in [-0.1, -0.05) is 30.3 Å².